The number of carbonyl (C=O) groups excluding carboxylic acids is 1. The first kappa shape index (κ1) is 21.5. The molecular weight excluding hydrogens is 456 g/mol. The molecule has 0 aliphatic carbocycles. The molecule has 1 aliphatic heterocycles. The van der Waals surface area contributed by atoms with Crippen molar-refractivity contribution < 1.29 is 19.0 Å². The van der Waals surface area contributed by atoms with Gasteiger partial charge < -0.3 is 19.5 Å². The second kappa shape index (κ2) is 10.6. The number of amides is 1. The molecule has 3 rings (SSSR count). The smallest absolute Gasteiger partial charge is 0.261 e. The fourth-order valence-electron chi connectivity index (χ4n) is 2.94. The fraction of sp³-hybridized carbons (Fsp3) is 0.333. The maximum atomic E-state index is 12.7. The molecule has 0 aromatic heterocycles. The molecule has 8 heteroatoms. The van der Waals surface area contributed by atoms with Crippen molar-refractivity contribution in [3.8, 4) is 11.5 Å². The second-order valence-electron chi connectivity index (χ2n) is 6.42. The van der Waals surface area contributed by atoms with E-state index in [9.17, 15) is 4.79 Å². The van der Waals surface area contributed by atoms with Gasteiger partial charge in [-0.25, -0.2) is 0 Å². The first-order chi connectivity index (χ1) is 14.1. The van der Waals surface area contributed by atoms with Gasteiger partial charge in [-0.2, -0.15) is 0 Å². The molecule has 1 atom stereocenters. The Morgan fingerprint density at radius 3 is 2.83 bits per heavy atom. The van der Waals surface area contributed by atoms with Crippen molar-refractivity contribution in [2.75, 3.05) is 25.1 Å². The maximum absolute atomic E-state index is 12.7. The highest BCUT2D eigenvalue weighted by molar-refractivity contribution is 9.10. The number of benzene rings is 2. The SMILES string of the molecule is CCOc1ccc(Br)cc1C(=O)NC(=S)Nc1ccccc1OCC1CCCO1. The molecule has 0 saturated carbocycles. The monoisotopic (exact) mass is 478 g/mol. The van der Waals surface area contributed by atoms with Crippen molar-refractivity contribution in [3.63, 3.8) is 0 Å². The molecule has 0 bridgehead atoms. The second-order valence-corrected chi connectivity index (χ2v) is 7.75. The predicted octanol–water partition coefficient (Wildman–Crippen LogP) is 4.53. The summed E-state index contributed by atoms with van der Waals surface area (Å²) >= 11 is 8.71. The third kappa shape index (κ3) is 6.16. The first-order valence-corrected chi connectivity index (χ1v) is 10.6. The summed E-state index contributed by atoms with van der Waals surface area (Å²) in [6.07, 6.45) is 2.17. The number of para-hydroxylation sites is 2. The van der Waals surface area contributed by atoms with Crippen molar-refractivity contribution >= 4 is 44.9 Å². The molecule has 154 valence electrons. The number of carbonyl (C=O) groups is 1. The lowest BCUT2D eigenvalue weighted by Gasteiger charge is -2.16. The van der Waals surface area contributed by atoms with Crippen LogP contribution < -0.4 is 20.1 Å². The standard InChI is InChI=1S/C21H23BrN2O4S/c1-2-26-18-10-9-14(22)12-16(18)20(25)24-21(29)23-17-7-3-4-8-19(17)28-13-15-6-5-11-27-15/h3-4,7-10,12,15H,2,5-6,11,13H2,1H3,(H2,23,24,25,29). The van der Waals surface area contributed by atoms with Gasteiger partial charge in [-0.15, -0.1) is 0 Å². The van der Waals surface area contributed by atoms with Gasteiger partial charge in [-0.05, 0) is 62.3 Å². The van der Waals surface area contributed by atoms with Gasteiger partial charge in [0.1, 0.15) is 18.1 Å². The Balaban J connectivity index is 1.63. The van der Waals surface area contributed by atoms with E-state index in [1.165, 1.54) is 0 Å². The van der Waals surface area contributed by atoms with E-state index in [0.717, 1.165) is 23.9 Å². The van der Waals surface area contributed by atoms with Crippen molar-refractivity contribution in [1.29, 1.82) is 0 Å². The Morgan fingerprint density at radius 1 is 1.24 bits per heavy atom. The van der Waals surface area contributed by atoms with Gasteiger partial charge in [0.15, 0.2) is 5.11 Å². The van der Waals surface area contributed by atoms with E-state index in [1.807, 2.05) is 37.3 Å². The normalized spacial score (nSPS) is 15.6. The number of hydrogen-bond donors (Lipinski definition) is 2. The highest BCUT2D eigenvalue weighted by Crippen LogP contribution is 2.26. The highest BCUT2D eigenvalue weighted by atomic mass is 79.9. The Kier molecular flexibility index (Phi) is 7.85. The topological polar surface area (TPSA) is 68.8 Å². The molecule has 1 amide bonds. The molecule has 2 aromatic carbocycles. The van der Waals surface area contributed by atoms with Crippen LogP contribution in [0.15, 0.2) is 46.9 Å². The molecule has 0 spiro atoms. The summed E-state index contributed by atoms with van der Waals surface area (Å²) in [5.41, 5.74) is 1.07. The lowest BCUT2D eigenvalue weighted by molar-refractivity contribution is 0.0682. The number of halogens is 1. The quantitative estimate of drug-likeness (QED) is 0.569. The zero-order chi connectivity index (χ0) is 20.6. The molecule has 1 fully saturated rings. The van der Waals surface area contributed by atoms with Gasteiger partial charge in [-0.3, -0.25) is 10.1 Å². The summed E-state index contributed by atoms with van der Waals surface area (Å²) in [6.45, 7) is 3.58. The molecular formula is C21H23BrN2O4S. The van der Waals surface area contributed by atoms with Crippen LogP contribution in [0.5, 0.6) is 11.5 Å². The van der Waals surface area contributed by atoms with Gasteiger partial charge in [0.05, 0.1) is 24.0 Å². The number of rotatable bonds is 7. The molecule has 1 aliphatic rings. The van der Waals surface area contributed by atoms with Crippen LogP contribution in [0.2, 0.25) is 0 Å². The van der Waals surface area contributed by atoms with E-state index in [2.05, 4.69) is 26.6 Å². The average Bonchev–Trinajstić information content (AvgIpc) is 3.22. The van der Waals surface area contributed by atoms with Gasteiger partial charge in [-0.1, -0.05) is 28.1 Å². The number of ether oxygens (including phenoxy) is 3. The number of nitrogens with one attached hydrogen (secondary N) is 2. The zero-order valence-corrected chi connectivity index (χ0v) is 18.5. The van der Waals surface area contributed by atoms with Crippen LogP contribution in [0.1, 0.15) is 30.1 Å². The van der Waals surface area contributed by atoms with Gasteiger partial charge in [0.25, 0.3) is 5.91 Å². The lowest BCUT2D eigenvalue weighted by atomic mass is 10.2. The summed E-state index contributed by atoms with van der Waals surface area (Å²) < 4.78 is 17.8. The number of anilines is 1. The van der Waals surface area contributed by atoms with Gasteiger partial charge >= 0.3 is 0 Å². The van der Waals surface area contributed by atoms with E-state index in [4.69, 9.17) is 26.4 Å². The van der Waals surface area contributed by atoms with Crippen molar-refractivity contribution in [1.82, 2.24) is 5.32 Å². The molecule has 2 N–H and O–H groups in total. The summed E-state index contributed by atoms with van der Waals surface area (Å²) in [5.74, 6) is 0.790. The molecule has 29 heavy (non-hydrogen) atoms. The van der Waals surface area contributed by atoms with Crippen LogP contribution in [-0.2, 0) is 4.74 Å². The minimum atomic E-state index is -0.356. The summed E-state index contributed by atoms with van der Waals surface area (Å²) in [5, 5.41) is 5.90. The van der Waals surface area contributed by atoms with E-state index in [0.29, 0.717) is 36.0 Å². The third-order valence-electron chi connectivity index (χ3n) is 4.30. The van der Waals surface area contributed by atoms with Crippen LogP contribution in [0, 0.1) is 0 Å². The predicted molar refractivity (Wildman–Crippen MR) is 120 cm³/mol. The summed E-state index contributed by atoms with van der Waals surface area (Å²) in [7, 11) is 0. The lowest BCUT2D eigenvalue weighted by Crippen LogP contribution is -2.34. The minimum Gasteiger partial charge on any atom is -0.493 e. The minimum absolute atomic E-state index is 0.114. The Bertz CT molecular complexity index is 872. The number of thiocarbonyl (C=S) groups is 1. The fourth-order valence-corrected chi connectivity index (χ4v) is 3.50. The van der Waals surface area contributed by atoms with Crippen LogP contribution in [0.3, 0.4) is 0 Å². The first-order valence-electron chi connectivity index (χ1n) is 9.45. The van der Waals surface area contributed by atoms with Gasteiger partial charge in [0, 0.05) is 11.1 Å². The molecule has 2 aromatic rings. The van der Waals surface area contributed by atoms with Crippen molar-refractivity contribution in [3.05, 3.63) is 52.5 Å². The molecule has 1 saturated heterocycles. The molecule has 1 unspecified atom stereocenters. The largest absolute Gasteiger partial charge is 0.493 e. The Hall–Kier alpha value is -2.16. The highest BCUT2D eigenvalue weighted by Gasteiger charge is 2.18. The van der Waals surface area contributed by atoms with E-state index in [-0.39, 0.29) is 17.1 Å². The van der Waals surface area contributed by atoms with Crippen molar-refractivity contribution in [2.45, 2.75) is 25.9 Å². The van der Waals surface area contributed by atoms with Crippen molar-refractivity contribution in [2.24, 2.45) is 0 Å². The number of hydrogen-bond acceptors (Lipinski definition) is 5. The summed E-state index contributed by atoms with van der Waals surface area (Å²) in [4.78, 5) is 12.7. The van der Waals surface area contributed by atoms with Crippen LogP contribution in [0.25, 0.3) is 0 Å². The van der Waals surface area contributed by atoms with Crippen LogP contribution in [-0.4, -0.2) is 36.9 Å². The Morgan fingerprint density at radius 2 is 2.07 bits per heavy atom. The maximum Gasteiger partial charge on any atom is 0.261 e. The third-order valence-corrected chi connectivity index (χ3v) is 4.99. The van der Waals surface area contributed by atoms with Crippen LogP contribution in [0.4, 0.5) is 5.69 Å². The molecule has 6 nitrogen and oxygen atoms in total. The van der Waals surface area contributed by atoms with E-state index in [1.54, 1.807) is 12.1 Å². The van der Waals surface area contributed by atoms with Gasteiger partial charge in [0.2, 0.25) is 0 Å². The van der Waals surface area contributed by atoms with E-state index >= 15 is 0 Å². The molecule has 1 heterocycles. The average molecular weight is 479 g/mol. The zero-order valence-electron chi connectivity index (χ0n) is 16.1. The van der Waals surface area contributed by atoms with E-state index < -0.39 is 0 Å². The van der Waals surface area contributed by atoms with Crippen LogP contribution >= 0.6 is 28.1 Å². The Labute approximate surface area is 184 Å². The summed E-state index contributed by atoms with van der Waals surface area (Å²) in [6, 6.07) is 12.7. The molecule has 0 radical (unpaired) electrons.